The highest BCUT2D eigenvalue weighted by atomic mass is 32.2. The van der Waals surface area contributed by atoms with Gasteiger partial charge in [0.05, 0.1) is 11.4 Å². The number of ether oxygens (including phenoxy) is 1. The van der Waals surface area contributed by atoms with Crippen LogP contribution in [0.4, 0.5) is 8.78 Å². The monoisotopic (exact) mass is 481 g/mol. The van der Waals surface area contributed by atoms with Crippen LogP contribution in [0.3, 0.4) is 0 Å². The number of nitrogens with zero attached hydrogens (tertiary/aromatic N) is 1. The minimum absolute atomic E-state index is 0.0671. The SMILES string of the molecule is Cc1ccc(S(=O)(=O)NCC2CCCN(CC(=O)NCc3ccc(OC(F)F)cc3)C2)cc1. The first kappa shape index (κ1) is 25.1. The molecule has 1 aliphatic heterocycles. The van der Waals surface area contributed by atoms with Crippen molar-refractivity contribution in [3.63, 3.8) is 0 Å². The Kier molecular flexibility index (Phi) is 8.76. The molecule has 2 N–H and O–H groups in total. The lowest BCUT2D eigenvalue weighted by Gasteiger charge is -2.32. The predicted molar refractivity (Wildman–Crippen MR) is 120 cm³/mol. The molecule has 1 atom stereocenters. The van der Waals surface area contributed by atoms with Crippen LogP contribution in [0.5, 0.6) is 5.75 Å². The lowest BCUT2D eigenvalue weighted by Crippen LogP contribution is -2.45. The molecular formula is C23H29F2N3O4S. The number of carbonyl (C=O) groups excluding carboxylic acids is 1. The van der Waals surface area contributed by atoms with Crippen molar-refractivity contribution in [2.45, 2.75) is 37.8 Å². The van der Waals surface area contributed by atoms with Crippen LogP contribution in [0, 0.1) is 12.8 Å². The Morgan fingerprint density at radius 3 is 2.52 bits per heavy atom. The van der Waals surface area contributed by atoms with Gasteiger partial charge in [0.25, 0.3) is 0 Å². The molecule has 1 saturated heterocycles. The van der Waals surface area contributed by atoms with E-state index in [-0.39, 0.29) is 35.6 Å². The topological polar surface area (TPSA) is 87.7 Å². The Morgan fingerprint density at radius 1 is 1.15 bits per heavy atom. The Morgan fingerprint density at radius 2 is 1.85 bits per heavy atom. The second-order valence-electron chi connectivity index (χ2n) is 8.21. The van der Waals surface area contributed by atoms with E-state index in [1.165, 1.54) is 12.1 Å². The Bertz CT molecular complexity index is 1020. The fourth-order valence-electron chi connectivity index (χ4n) is 3.74. The maximum absolute atomic E-state index is 12.5. The van der Waals surface area contributed by atoms with Crippen molar-refractivity contribution in [3.8, 4) is 5.75 Å². The first-order valence-corrected chi connectivity index (χ1v) is 12.3. The molecule has 1 heterocycles. The normalized spacial score (nSPS) is 17.2. The van der Waals surface area contributed by atoms with Gasteiger partial charge in [-0.05, 0) is 62.1 Å². The first-order valence-electron chi connectivity index (χ1n) is 10.8. The van der Waals surface area contributed by atoms with Crippen molar-refractivity contribution in [1.29, 1.82) is 0 Å². The fourth-order valence-corrected chi connectivity index (χ4v) is 4.85. The molecule has 0 aromatic heterocycles. The van der Waals surface area contributed by atoms with Crippen LogP contribution >= 0.6 is 0 Å². The van der Waals surface area contributed by atoms with E-state index in [0.29, 0.717) is 13.1 Å². The number of amides is 1. The van der Waals surface area contributed by atoms with E-state index in [9.17, 15) is 22.0 Å². The summed E-state index contributed by atoms with van der Waals surface area (Å²) in [5.41, 5.74) is 1.76. The third-order valence-corrected chi connectivity index (χ3v) is 6.94. The largest absolute Gasteiger partial charge is 0.435 e. The summed E-state index contributed by atoms with van der Waals surface area (Å²) in [5.74, 6) is 0.0374. The Labute approximate surface area is 193 Å². The van der Waals surface area contributed by atoms with Crippen molar-refractivity contribution in [3.05, 3.63) is 59.7 Å². The fraction of sp³-hybridized carbons (Fsp3) is 0.435. The highest BCUT2D eigenvalue weighted by Gasteiger charge is 2.23. The Balaban J connectivity index is 1.42. The minimum Gasteiger partial charge on any atom is -0.435 e. The molecule has 0 bridgehead atoms. The summed E-state index contributed by atoms with van der Waals surface area (Å²) in [7, 11) is -3.56. The molecule has 0 radical (unpaired) electrons. The summed E-state index contributed by atoms with van der Waals surface area (Å²) in [6.07, 6.45) is 1.78. The maximum atomic E-state index is 12.5. The van der Waals surface area contributed by atoms with E-state index in [0.717, 1.165) is 30.5 Å². The molecule has 3 rings (SSSR count). The molecule has 0 spiro atoms. The number of nitrogens with one attached hydrogen (secondary N) is 2. The van der Waals surface area contributed by atoms with Gasteiger partial charge >= 0.3 is 6.61 Å². The van der Waals surface area contributed by atoms with Crippen LogP contribution in [-0.2, 0) is 21.4 Å². The van der Waals surface area contributed by atoms with Crippen LogP contribution in [0.1, 0.15) is 24.0 Å². The zero-order chi connectivity index (χ0) is 23.8. The Hall–Kier alpha value is -2.56. The quantitative estimate of drug-likeness (QED) is 0.545. The molecule has 180 valence electrons. The lowest BCUT2D eigenvalue weighted by molar-refractivity contribution is -0.122. The number of hydrogen-bond acceptors (Lipinski definition) is 5. The summed E-state index contributed by atoms with van der Waals surface area (Å²) < 4.78 is 56.4. The third-order valence-electron chi connectivity index (χ3n) is 5.50. The predicted octanol–water partition coefficient (Wildman–Crippen LogP) is 2.90. The van der Waals surface area contributed by atoms with E-state index < -0.39 is 16.6 Å². The molecule has 2 aromatic rings. The standard InChI is InChI=1S/C23H29F2N3O4S/c1-17-4-10-21(11-5-17)33(30,31)27-14-19-3-2-12-28(15-19)16-22(29)26-13-18-6-8-20(9-7-18)32-23(24)25/h4-11,19,23,27H,2-3,12-16H2,1H3,(H,26,29). The number of sulfonamides is 1. The van der Waals surface area contributed by atoms with Crippen LogP contribution in [-0.4, -0.2) is 52.0 Å². The molecule has 0 saturated carbocycles. The summed E-state index contributed by atoms with van der Waals surface area (Å²) in [6, 6.07) is 12.8. The molecule has 0 aliphatic carbocycles. The molecule has 1 unspecified atom stereocenters. The number of carbonyl (C=O) groups is 1. The number of piperidine rings is 1. The zero-order valence-electron chi connectivity index (χ0n) is 18.5. The van der Waals surface area contributed by atoms with Gasteiger partial charge in [0.2, 0.25) is 15.9 Å². The number of benzene rings is 2. The minimum atomic E-state index is -3.56. The average Bonchev–Trinajstić information content (AvgIpc) is 2.77. The van der Waals surface area contributed by atoms with Gasteiger partial charge in [-0.2, -0.15) is 8.78 Å². The number of hydrogen-bond donors (Lipinski definition) is 2. The van der Waals surface area contributed by atoms with Crippen molar-refractivity contribution >= 4 is 15.9 Å². The summed E-state index contributed by atoms with van der Waals surface area (Å²) in [4.78, 5) is 14.6. The van der Waals surface area contributed by atoms with Crippen molar-refractivity contribution in [1.82, 2.24) is 14.9 Å². The summed E-state index contributed by atoms with van der Waals surface area (Å²) in [6.45, 7) is 1.24. The van der Waals surface area contributed by atoms with Gasteiger partial charge in [-0.3, -0.25) is 9.69 Å². The second-order valence-corrected chi connectivity index (χ2v) is 9.97. The van der Waals surface area contributed by atoms with E-state index in [1.54, 1.807) is 36.4 Å². The average molecular weight is 482 g/mol. The van der Waals surface area contributed by atoms with Gasteiger partial charge in [-0.1, -0.05) is 29.8 Å². The molecule has 1 fully saturated rings. The van der Waals surface area contributed by atoms with Gasteiger partial charge in [0.1, 0.15) is 5.75 Å². The van der Waals surface area contributed by atoms with Crippen LogP contribution in [0.25, 0.3) is 0 Å². The molecule has 1 aliphatic rings. The van der Waals surface area contributed by atoms with Gasteiger partial charge in [-0.15, -0.1) is 0 Å². The highest BCUT2D eigenvalue weighted by Crippen LogP contribution is 2.18. The van der Waals surface area contributed by atoms with Gasteiger partial charge < -0.3 is 10.1 Å². The lowest BCUT2D eigenvalue weighted by atomic mass is 9.98. The van der Waals surface area contributed by atoms with Crippen molar-refractivity contribution in [2.75, 3.05) is 26.2 Å². The van der Waals surface area contributed by atoms with Crippen LogP contribution < -0.4 is 14.8 Å². The smallest absolute Gasteiger partial charge is 0.387 e. The molecule has 1 amide bonds. The first-order chi connectivity index (χ1) is 15.7. The second kappa shape index (κ2) is 11.5. The molecule has 10 heteroatoms. The van der Waals surface area contributed by atoms with E-state index >= 15 is 0 Å². The van der Waals surface area contributed by atoms with Crippen molar-refractivity contribution < 1.29 is 26.7 Å². The van der Waals surface area contributed by atoms with Crippen LogP contribution in [0.2, 0.25) is 0 Å². The third kappa shape index (κ3) is 8.06. The van der Waals surface area contributed by atoms with Gasteiger partial charge in [0, 0.05) is 19.6 Å². The highest BCUT2D eigenvalue weighted by molar-refractivity contribution is 7.89. The summed E-state index contributed by atoms with van der Waals surface area (Å²) >= 11 is 0. The summed E-state index contributed by atoms with van der Waals surface area (Å²) in [5, 5.41) is 2.82. The molecule has 33 heavy (non-hydrogen) atoms. The van der Waals surface area contributed by atoms with E-state index in [4.69, 9.17) is 0 Å². The number of rotatable bonds is 10. The van der Waals surface area contributed by atoms with Gasteiger partial charge in [0.15, 0.2) is 0 Å². The maximum Gasteiger partial charge on any atom is 0.387 e. The van der Waals surface area contributed by atoms with E-state index in [2.05, 4.69) is 14.8 Å². The van der Waals surface area contributed by atoms with Crippen LogP contribution in [0.15, 0.2) is 53.4 Å². The number of alkyl halides is 2. The molecule has 7 nitrogen and oxygen atoms in total. The molecule has 2 aromatic carbocycles. The van der Waals surface area contributed by atoms with Gasteiger partial charge in [-0.25, -0.2) is 13.1 Å². The number of halogens is 2. The zero-order valence-corrected chi connectivity index (χ0v) is 19.3. The molecular weight excluding hydrogens is 452 g/mol. The number of aryl methyl sites for hydroxylation is 1. The van der Waals surface area contributed by atoms with Crippen molar-refractivity contribution in [2.24, 2.45) is 5.92 Å². The van der Waals surface area contributed by atoms with E-state index in [1.807, 2.05) is 11.8 Å². The number of likely N-dealkylation sites (tertiary alicyclic amines) is 1.